The van der Waals surface area contributed by atoms with Gasteiger partial charge in [-0.1, -0.05) is 12.1 Å². The second kappa shape index (κ2) is 7.80. The summed E-state index contributed by atoms with van der Waals surface area (Å²) in [6, 6.07) is 10.9. The Hall–Kier alpha value is -1.85. The van der Waals surface area contributed by atoms with Crippen LogP contribution in [0.15, 0.2) is 30.3 Å². The van der Waals surface area contributed by atoms with Crippen molar-refractivity contribution in [1.82, 2.24) is 20.0 Å². The van der Waals surface area contributed by atoms with Gasteiger partial charge in [-0.05, 0) is 63.4 Å². The lowest BCUT2D eigenvalue weighted by Gasteiger charge is -2.28. The lowest BCUT2D eigenvalue weighted by atomic mass is 10.1. The van der Waals surface area contributed by atoms with Crippen LogP contribution in [0.2, 0.25) is 0 Å². The van der Waals surface area contributed by atoms with E-state index in [4.69, 9.17) is 0 Å². The highest BCUT2D eigenvalue weighted by Gasteiger charge is 2.38. The summed E-state index contributed by atoms with van der Waals surface area (Å²) in [5, 5.41) is 7.99. The molecule has 0 radical (unpaired) electrons. The van der Waals surface area contributed by atoms with E-state index in [9.17, 15) is 4.79 Å². The van der Waals surface area contributed by atoms with Gasteiger partial charge < -0.3 is 10.2 Å². The third kappa shape index (κ3) is 3.64. The zero-order valence-electron chi connectivity index (χ0n) is 15.4. The quantitative estimate of drug-likeness (QED) is 0.898. The highest BCUT2D eigenvalue weighted by Crippen LogP contribution is 2.29. The fraction of sp³-hybridized carbons (Fsp3) is 0.500. The maximum Gasteiger partial charge on any atom is 0.254 e. The van der Waals surface area contributed by atoms with Crippen LogP contribution >= 0.6 is 12.4 Å². The van der Waals surface area contributed by atoms with Gasteiger partial charge in [0, 0.05) is 29.9 Å². The third-order valence-corrected chi connectivity index (χ3v) is 5.50. The summed E-state index contributed by atoms with van der Waals surface area (Å²) in [7, 11) is 0. The number of halogens is 1. The number of nitrogens with one attached hydrogen (secondary N) is 1. The highest BCUT2D eigenvalue weighted by molar-refractivity contribution is 5.95. The number of amides is 1. The summed E-state index contributed by atoms with van der Waals surface area (Å²) in [5.41, 5.74) is 4.10. The molecule has 4 rings (SSSR count). The lowest BCUT2D eigenvalue weighted by molar-refractivity contribution is 0.0680. The topological polar surface area (TPSA) is 50.2 Å². The standard InChI is InChI=1S/C20H26N4O.ClH/c1-14-10-15(2)23(22-14)13-16-4-3-5-17(11-16)20(25)24-18-6-7-19(24)12-21-9-8-18;/h3-5,10-11,18-19,21H,6-9,12-13H2,1-2H3;1H. The minimum absolute atomic E-state index is 0. The van der Waals surface area contributed by atoms with Gasteiger partial charge in [-0.15, -0.1) is 12.4 Å². The first-order chi connectivity index (χ1) is 12.1. The molecule has 2 aromatic rings. The smallest absolute Gasteiger partial charge is 0.254 e. The van der Waals surface area contributed by atoms with Gasteiger partial charge in [0.2, 0.25) is 0 Å². The van der Waals surface area contributed by atoms with Gasteiger partial charge in [-0.3, -0.25) is 9.48 Å². The molecule has 2 saturated heterocycles. The molecule has 140 valence electrons. The van der Waals surface area contributed by atoms with Crippen molar-refractivity contribution >= 4 is 18.3 Å². The van der Waals surface area contributed by atoms with Gasteiger partial charge in [0.15, 0.2) is 0 Å². The molecular formula is C20H27ClN4O. The SMILES string of the molecule is Cc1cc(C)n(Cc2cccc(C(=O)N3C4CCNCC3CC4)c2)n1.Cl. The van der Waals surface area contributed by atoms with E-state index < -0.39 is 0 Å². The van der Waals surface area contributed by atoms with Crippen LogP contribution in [-0.4, -0.2) is 45.8 Å². The first kappa shape index (κ1) is 18.9. The van der Waals surface area contributed by atoms with Crippen LogP contribution in [0, 0.1) is 13.8 Å². The largest absolute Gasteiger partial charge is 0.331 e. The second-order valence-electron chi connectivity index (χ2n) is 7.38. The molecule has 1 amide bonds. The van der Waals surface area contributed by atoms with Crippen molar-refractivity contribution < 1.29 is 4.79 Å². The van der Waals surface area contributed by atoms with E-state index >= 15 is 0 Å². The van der Waals surface area contributed by atoms with Crippen LogP contribution in [0.4, 0.5) is 0 Å². The molecule has 2 aliphatic heterocycles. The van der Waals surface area contributed by atoms with Crippen LogP contribution in [0.3, 0.4) is 0 Å². The molecule has 2 unspecified atom stereocenters. The van der Waals surface area contributed by atoms with Crippen molar-refractivity contribution in [1.29, 1.82) is 0 Å². The van der Waals surface area contributed by atoms with Gasteiger partial charge in [0.05, 0.1) is 12.2 Å². The molecular weight excluding hydrogens is 348 g/mol. The fourth-order valence-corrected chi connectivity index (χ4v) is 4.27. The van der Waals surface area contributed by atoms with Crippen molar-refractivity contribution in [3.05, 3.63) is 52.8 Å². The Bertz CT molecular complexity index is 774. The van der Waals surface area contributed by atoms with Crippen LogP contribution in [0.1, 0.15) is 46.6 Å². The zero-order valence-corrected chi connectivity index (χ0v) is 16.3. The molecule has 2 atom stereocenters. The Morgan fingerprint density at radius 2 is 2.00 bits per heavy atom. The zero-order chi connectivity index (χ0) is 17.4. The molecule has 1 N–H and O–H groups in total. The van der Waals surface area contributed by atoms with Crippen LogP contribution < -0.4 is 5.32 Å². The minimum atomic E-state index is 0. The number of hydrogen-bond donors (Lipinski definition) is 1. The molecule has 26 heavy (non-hydrogen) atoms. The first-order valence-electron chi connectivity index (χ1n) is 9.25. The summed E-state index contributed by atoms with van der Waals surface area (Å²) >= 11 is 0. The van der Waals surface area contributed by atoms with Gasteiger partial charge in [-0.2, -0.15) is 5.10 Å². The van der Waals surface area contributed by atoms with Crippen molar-refractivity contribution in [2.24, 2.45) is 0 Å². The second-order valence-corrected chi connectivity index (χ2v) is 7.38. The number of benzene rings is 1. The van der Waals surface area contributed by atoms with Crippen molar-refractivity contribution in [2.75, 3.05) is 13.1 Å². The van der Waals surface area contributed by atoms with E-state index in [1.807, 2.05) is 29.8 Å². The van der Waals surface area contributed by atoms with Crippen LogP contribution in [-0.2, 0) is 6.54 Å². The summed E-state index contributed by atoms with van der Waals surface area (Å²) < 4.78 is 2.00. The Balaban J connectivity index is 0.00000196. The molecule has 1 aromatic heterocycles. The van der Waals surface area contributed by atoms with Gasteiger partial charge in [-0.25, -0.2) is 0 Å². The van der Waals surface area contributed by atoms with Crippen molar-refractivity contribution in [3.63, 3.8) is 0 Å². The molecule has 0 aliphatic carbocycles. The molecule has 0 saturated carbocycles. The molecule has 5 nitrogen and oxygen atoms in total. The predicted molar refractivity (Wildman–Crippen MR) is 105 cm³/mol. The molecule has 3 heterocycles. The van der Waals surface area contributed by atoms with Crippen LogP contribution in [0.25, 0.3) is 0 Å². The van der Waals surface area contributed by atoms with E-state index in [0.717, 1.165) is 54.9 Å². The van der Waals surface area contributed by atoms with Gasteiger partial charge >= 0.3 is 0 Å². The van der Waals surface area contributed by atoms with Crippen molar-refractivity contribution in [3.8, 4) is 0 Å². The van der Waals surface area contributed by atoms with Gasteiger partial charge in [0.25, 0.3) is 5.91 Å². The number of fused-ring (bicyclic) bond motifs is 2. The Labute approximate surface area is 161 Å². The van der Waals surface area contributed by atoms with E-state index in [-0.39, 0.29) is 18.3 Å². The summed E-state index contributed by atoms with van der Waals surface area (Å²) in [5.74, 6) is 0.186. The highest BCUT2D eigenvalue weighted by atomic mass is 35.5. The maximum atomic E-state index is 13.2. The average Bonchev–Trinajstić information content (AvgIpc) is 3.04. The lowest BCUT2D eigenvalue weighted by Crippen LogP contribution is -2.42. The predicted octanol–water partition coefficient (Wildman–Crippen LogP) is 2.94. The number of nitrogens with zero attached hydrogens (tertiary/aromatic N) is 3. The molecule has 2 aliphatic rings. The number of rotatable bonds is 3. The third-order valence-electron chi connectivity index (χ3n) is 5.50. The normalized spacial score (nSPS) is 22.0. The number of aryl methyl sites for hydroxylation is 2. The fourth-order valence-electron chi connectivity index (χ4n) is 4.27. The number of hydrogen-bond acceptors (Lipinski definition) is 3. The summed E-state index contributed by atoms with van der Waals surface area (Å²) in [4.78, 5) is 15.3. The Kier molecular flexibility index (Phi) is 5.68. The van der Waals surface area contributed by atoms with E-state index in [2.05, 4.69) is 34.4 Å². The molecule has 1 aromatic carbocycles. The molecule has 6 heteroatoms. The van der Waals surface area contributed by atoms with E-state index in [1.54, 1.807) is 0 Å². The molecule has 0 spiro atoms. The number of aromatic nitrogens is 2. The minimum Gasteiger partial charge on any atom is -0.331 e. The van der Waals surface area contributed by atoms with Crippen molar-refractivity contribution in [2.45, 2.75) is 51.7 Å². The summed E-state index contributed by atoms with van der Waals surface area (Å²) in [6.45, 7) is 6.72. The van der Waals surface area contributed by atoms with Gasteiger partial charge in [0.1, 0.15) is 0 Å². The maximum absolute atomic E-state index is 13.2. The monoisotopic (exact) mass is 374 g/mol. The average molecular weight is 375 g/mol. The number of carbonyl (C=O) groups excluding carboxylic acids is 1. The molecule has 2 fully saturated rings. The molecule has 2 bridgehead atoms. The number of carbonyl (C=O) groups is 1. The Morgan fingerprint density at radius 3 is 2.77 bits per heavy atom. The summed E-state index contributed by atoms with van der Waals surface area (Å²) in [6.07, 6.45) is 3.33. The van der Waals surface area contributed by atoms with Crippen LogP contribution in [0.5, 0.6) is 0 Å². The Morgan fingerprint density at radius 1 is 1.19 bits per heavy atom. The van der Waals surface area contributed by atoms with E-state index in [1.165, 1.54) is 0 Å². The first-order valence-corrected chi connectivity index (χ1v) is 9.25. The van der Waals surface area contributed by atoms with E-state index in [0.29, 0.717) is 18.6 Å².